The number of thioether (sulfide) groups is 1. The monoisotopic (exact) mass is 730 g/mol. The third-order valence-corrected chi connectivity index (χ3v) is 12.2. The SMILES string of the molecule is O=C(CC1(CSC(CCNS(=O)(=O)c2ccc(Cl)cc2)c2cccc(/C=C/c3ccc4ccc(Cl)cc4n3)c2)CC1)OCc1ccccc1. The normalized spacial score (nSPS) is 14.6. The average Bonchev–Trinajstić information content (AvgIpc) is 3.87. The van der Waals surface area contributed by atoms with E-state index in [0.717, 1.165) is 51.9 Å². The number of nitrogens with zero attached hydrogens (tertiary/aromatic N) is 1. The van der Waals surface area contributed by atoms with Crippen molar-refractivity contribution in [3.8, 4) is 0 Å². The molecule has 1 saturated carbocycles. The number of fused-ring (bicyclic) bond motifs is 1. The Balaban J connectivity index is 1.15. The number of esters is 1. The van der Waals surface area contributed by atoms with Crippen molar-refractivity contribution < 1.29 is 17.9 Å². The summed E-state index contributed by atoms with van der Waals surface area (Å²) >= 11 is 13.9. The molecule has 0 saturated heterocycles. The summed E-state index contributed by atoms with van der Waals surface area (Å²) in [5.74, 6) is 0.581. The van der Waals surface area contributed by atoms with Gasteiger partial charge < -0.3 is 4.74 Å². The van der Waals surface area contributed by atoms with Gasteiger partial charge in [-0.1, -0.05) is 96.0 Å². The van der Waals surface area contributed by atoms with Crippen LogP contribution in [0.5, 0.6) is 0 Å². The van der Waals surface area contributed by atoms with Crippen LogP contribution in [-0.2, 0) is 26.2 Å². The lowest BCUT2D eigenvalue weighted by molar-refractivity contribution is -0.146. The van der Waals surface area contributed by atoms with Gasteiger partial charge in [0.25, 0.3) is 0 Å². The molecule has 49 heavy (non-hydrogen) atoms. The second-order valence-corrected chi connectivity index (χ2v) is 16.2. The van der Waals surface area contributed by atoms with Gasteiger partial charge in [-0.05, 0) is 89.9 Å². The van der Waals surface area contributed by atoms with Crippen molar-refractivity contribution in [2.24, 2.45) is 5.41 Å². The predicted molar refractivity (Wildman–Crippen MR) is 201 cm³/mol. The molecule has 6 nitrogen and oxygen atoms in total. The highest BCUT2D eigenvalue weighted by atomic mass is 35.5. The van der Waals surface area contributed by atoms with E-state index in [-0.39, 0.29) is 34.7 Å². The summed E-state index contributed by atoms with van der Waals surface area (Å²) in [6.45, 7) is 0.514. The van der Waals surface area contributed by atoms with Crippen molar-refractivity contribution in [1.29, 1.82) is 0 Å². The Morgan fingerprint density at radius 3 is 2.43 bits per heavy atom. The maximum atomic E-state index is 13.0. The molecule has 0 amide bonds. The van der Waals surface area contributed by atoms with Crippen LogP contribution in [0.1, 0.15) is 53.3 Å². The minimum absolute atomic E-state index is 0.0139. The van der Waals surface area contributed by atoms with Crippen LogP contribution in [0, 0.1) is 5.41 Å². The van der Waals surface area contributed by atoms with Crippen LogP contribution < -0.4 is 4.72 Å². The molecule has 1 heterocycles. The van der Waals surface area contributed by atoms with Gasteiger partial charge >= 0.3 is 5.97 Å². The van der Waals surface area contributed by atoms with E-state index in [9.17, 15) is 13.2 Å². The summed E-state index contributed by atoms with van der Waals surface area (Å²) in [6, 6.07) is 33.7. The first-order valence-electron chi connectivity index (χ1n) is 16.1. The minimum Gasteiger partial charge on any atom is -0.461 e. The van der Waals surface area contributed by atoms with E-state index in [1.54, 1.807) is 23.9 Å². The average molecular weight is 732 g/mol. The van der Waals surface area contributed by atoms with Gasteiger partial charge in [0.2, 0.25) is 10.0 Å². The molecule has 0 aliphatic heterocycles. The van der Waals surface area contributed by atoms with Crippen LogP contribution in [-0.4, -0.2) is 31.7 Å². The van der Waals surface area contributed by atoms with E-state index in [1.165, 1.54) is 12.1 Å². The van der Waals surface area contributed by atoms with E-state index in [1.807, 2.05) is 84.9 Å². The molecule has 1 aromatic heterocycles. The van der Waals surface area contributed by atoms with Gasteiger partial charge in [0.15, 0.2) is 0 Å². The van der Waals surface area contributed by atoms with Crippen LogP contribution in [0.4, 0.5) is 0 Å². The van der Waals surface area contributed by atoms with E-state index < -0.39 is 10.0 Å². The second kappa shape index (κ2) is 15.9. The highest BCUT2D eigenvalue weighted by molar-refractivity contribution is 7.99. The summed E-state index contributed by atoms with van der Waals surface area (Å²) in [4.78, 5) is 17.7. The molecule has 1 atom stereocenters. The molecule has 10 heteroatoms. The number of halogens is 2. The molecular weight excluding hydrogens is 695 g/mol. The molecule has 1 aliphatic carbocycles. The molecule has 4 aromatic carbocycles. The molecule has 5 aromatic rings. The lowest BCUT2D eigenvalue weighted by Crippen LogP contribution is -2.26. The first kappa shape index (κ1) is 35.2. The third-order valence-electron chi connectivity index (χ3n) is 8.54. The third kappa shape index (κ3) is 9.96. The Kier molecular flexibility index (Phi) is 11.4. The number of benzene rings is 4. The molecule has 1 unspecified atom stereocenters. The van der Waals surface area contributed by atoms with Crippen molar-refractivity contribution in [3.05, 3.63) is 142 Å². The molecule has 0 spiro atoms. The number of carbonyl (C=O) groups excluding carboxylic acids is 1. The fourth-order valence-corrected chi connectivity index (χ4v) is 8.44. The van der Waals surface area contributed by atoms with Gasteiger partial charge in [0.1, 0.15) is 6.61 Å². The van der Waals surface area contributed by atoms with Crippen LogP contribution in [0.25, 0.3) is 23.1 Å². The van der Waals surface area contributed by atoms with Crippen LogP contribution in [0.3, 0.4) is 0 Å². The fourth-order valence-electron chi connectivity index (χ4n) is 5.53. The first-order chi connectivity index (χ1) is 23.7. The molecule has 1 N–H and O–H groups in total. The summed E-state index contributed by atoms with van der Waals surface area (Å²) < 4.78 is 34.4. The lowest BCUT2D eigenvalue weighted by atomic mass is 10.0. The largest absolute Gasteiger partial charge is 0.461 e. The fraction of sp³-hybridized carbons (Fsp3) is 0.231. The van der Waals surface area contributed by atoms with Crippen molar-refractivity contribution >= 4 is 74.0 Å². The number of sulfonamides is 1. The zero-order valence-corrected chi connectivity index (χ0v) is 29.9. The van der Waals surface area contributed by atoms with Crippen molar-refractivity contribution in [3.63, 3.8) is 0 Å². The number of nitrogens with one attached hydrogen (secondary N) is 1. The predicted octanol–water partition coefficient (Wildman–Crippen LogP) is 9.77. The molecular formula is C39H36Cl2N2O4S2. The van der Waals surface area contributed by atoms with Crippen molar-refractivity contribution in [2.75, 3.05) is 12.3 Å². The van der Waals surface area contributed by atoms with Gasteiger partial charge in [-0.15, -0.1) is 0 Å². The molecule has 252 valence electrons. The van der Waals surface area contributed by atoms with E-state index in [0.29, 0.717) is 22.9 Å². The van der Waals surface area contributed by atoms with Crippen molar-refractivity contribution in [1.82, 2.24) is 9.71 Å². The van der Waals surface area contributed by atoms with Crippen LogP contribution in [0.2, 0.25) is 10.0 Å². The molecule has 6 rings (SSSR count). The van der Waals surface area contributed by atoms with E-state index in [2.05, 4.69) is 16.9 Å². The van der Waals surface area contributed by atoms with Gasteiger partial charge in [0, 0.05) is 33.0 Å². The molecule has 0 radical (unpaired) electrons. The smallest absolute Gasteiger partial charge is 0.306 e. The summed E-state index contributed by atoms with van der Waals surface area (Å²) in [6.07, 6.45) is 6.86. The Morgan fingerprint density at radius 1 is 0.898 bits per heavy atom. The highest BCUT2D eigenvalue weighted by Crippen LogP contribution is 2.53. The number of hydrogen-bond acceptors (Lipinski definition) is 6. The van der Waals surface area contributed by atoms with Gasteiger partial charge in [-0.3, -0.25) is 4.79 Å². The number of pyridine rings is 1. The van der Waals surface area contributed by atoms with Gasteiger partial charge in [-0.25, -0.2) is 18.1 Å². The van der Waals surface area contributed by atoms with Crippen LogP contribution >= 0.6 is 35.0 Å². The minimum atomic E-state index is -3.70. The Labute approximate surface area is 302 Å². The maximum absolute atomic E-state index is 13.0. The van der Waals surface area contributed by atoms with Gasteiger partial charge in [-0.2, -0.15) is 11.8 Å². The Morgan fingerprint density at radius 2 is 1.65 bits per heavy atom. The molecule has 1 fully saturated rings. The number of ether oxygens (including phenoxy) is 1. The quantitative estimate of drug-likeness (QED) is 0.108. The molecule has 0 bridgehead atoms. The number of carbonyl (C=O) groups is 1. The van der Waals surface area contributed by atoms with Crippen molar-refractivity contribution in [2.45, 2.75) is 42.4 Å². The highest BCUT2D eigenvalue weighted by Gasteiger charge is 2.45. The number of aromatic nitrogens is 1. The topological polar surface area (TPSA) is 85.4 Å². The molecule has 1 aliphatic rings. The maximum Gasteiger partial charge on any atom is 0.306 e. The second-order valence-electron chi connectivity index (χ2n) is 12.3. The summed E-state index contributed by atoms with van der Waals surface area (Å²) in [5.41, 5.74) is 4.59. The van der Waals surface area contributed by atoms with E-state index >= 15 is 0 Å². The standard InChI is InChI=1S/C39H36Cl2N2O4S2/c40-32-13-17-35(18-14-32)49(45,46)42-22-19-37(48-27-39(20-21-39)25-38(44)47-26-29-5-2-1-3-6-29)31-8-4-7-28(23-31)9-15-34-16-11-30-10-12-33(41)24-36(30)43-34/h1-18,23-24,37,42H,19-22,25-27H2/b15-9+. The lowest BCUT2D eigenvalue weighted by Gasteiger charge is -2.22. The Hall–Kier alpha value is -3.66. The Bertz CT molecular complexity index is 2050. The summed E-state index contributed by atoms with van der Waals surface area (Å²) in [5, 5.41) is 2.13. The zero-order chi connectivity index (χ0) is 34.3. The van der Waals surface area contributed by atoms with Gasteiger partial charge in [0.05, 0.1) is 22.5 Å². The van der Waals surface area contributed by atoms with Crippen LogP contribution in [0.15, 0.2) is 114 Å². The van der Waals surface area contributed by atoms with E-state index in [4.69, 9.17) is 32.9 Å². The first-order valence-corrected chi connectivity index (χ1v) is 19.4. The zero-order valence-electron chi connectivity index (χ0n) is 26.7. The number of rotatable bonds is 15. The number of hydrogen-bond donors (Lipinski definition) is 1. The summed E-state index contributed by atoms with van der Waals surface area (Å²) in [7, 11) is -3.70.